The van der Waals surface area contributed by atoms with Crippen LogP contribution in [0.5, 0.6) is 11.5 Å². The van der Waals surface area contributed by atoms with Crippen molar-refractivity contribution in [2.75, 3.05) is 31.1 Å². The number of nitrogens with zero attached hydrogens (tertiary/aromatic N) is 3. The summed E-state index contributed by atoms with van der Waals surface area (Å²) in [6.45, 7) is 0. The molecule has 0 radical (unpaired) electrons. The van der Waals surface area contributed by atoms with E-state index in [-0.39, 0.29) is 11.7 Å². The third-order valence-corrected chi connectivity index (χ3v) is 4.62. The van der Waals surface area contributed by atoms with E-state index in [1.54, 1.807) is 38.5 Å². The molecule has 0 saturated carbocycles. The second kappa shape index (κ2) is 8.45. The number of hydrogen-bond donors (Lipinski definition) is 2. The molecule has 1 amide bonds. The van der Waals surface area contributed by atoms with Gasteiger partial charge in [0.05, 0.1) is 20.0 Å². The smallest absolute Gasteiger partial charge is 0.234 e. The Morgan fingerprint density at radius 2 is 1.81 bits per heavy atom. The number of benzene rings is 2. The lowest BCUT2D eigenvalue weighted by atomic mass is 10.2. The van der Waals surface area contributed by atoms with E-state index in [1.165, 1.54) is 16.4 Å². The van der Waals surface area contributed by atoms with Gasteiger partial charge >= 0.3 is 0 Å². The second-order valence-electron chi connectivity index (χ2n) is 5.48. The van der Waals surface area contributed by atoms with Crippen LogP contribution < -0.4 is 20.6 Å². The number of nitrogens with one attached hydrogen (secondary N) is 1. The Morgan fingerprint density at radius 1 is 1.11 bits per heavy atom. The monoisotopic (exact) mass is 385 g/mol. The lowest BCUT2D eigenvalue weighted by Crippen LogP contribution is -2.16. The summed E-state index contributed by atoms with van der Waals surface area (Å²) in [6, 6.07) is 14.5. The Kier molecular flexibility index (Phi) is 5.82. The summed E-state index contributed by atoms with van der Waals surface area (Å²) in [5.74, 6) is 7.91. The number of rotatable bonds is 7. The number of hydrogen-bond acceptors (Lipinski definition) is 7. The zero-order valence-corrected chi connectivity index (χ0v) is 15.7. The Hall–Kier alpha value is -3.20. The third kappa shape index (κ3) is 4.50. The molecule has 0 aliphatic rings. The van der Waals surface area contributed by atoms with E-state index in [0.717, 1.165) is 5.56 Å². The van der Waals surface area contributed by atoms with Gasteiger partial charge in [-0.15, -0.1) is 10.2 Å². The Balaban J connectivity index is 1.64. The first-order valence-electron chi connectivity index (χ1n) is 8.02. The molecule has 0 aliphatic heterocycles. The van der Waals surface area contributed by atoms with Crippen molar-refractivity contribution in [2.24, 2.45) is 0 Å². The van der Waals surface area contributed by atoms with Crippen LogP contribution >= 0.6 is 11.8 Å². The molecule has 0 aliphatic carbocycles. The molecule has 3 rings (SSSR count). The predicted octanol–water partition coefficient (Wildman–Crippen LogP) is 2.41. The van der Waals surface area contributed by atoms with Gasteiger partial charge in [-0.25, -0.2) is 4.68 Å². The van der Waals surface area contributed by atoms with E-state index in [0.29, 0.717) is 28.2 Å². The number of anilines is 1. The number of nitrogen functional groups attached to an aromatic ring is 1. The van der Waals surface area contributed by atoms with Gasteiger partial charge in [0.15, 0.2) is 5.82 Å². The molecule has 3 aromatic rings. The minimum absolute atomic E-state index is 0.144. The van der Waals surface area contributed by atoms with Crippen LogP contribution in [0, 0.1) is 0 Å². The Bertz CT molecular complexity index is 944. The summed E-state index contributed by atoms with van der Waals surface area (Å²) in [5, 5.41) is 11.4. The fraction of sp³-hybridized carbons (Fsp3) is 0.167. The van der Waals surface area contributed by atoms with Gasteiger partial charge in [-0.3, -0.25) is 4.79 Å². The lowest BCUT2D eigenvalue weighted by Gasteiger charge is -2.07. The fourth-order valence-electron chi connectivity index (χ4n) is 2.36. The Labute approximate surface area is 160 Å². The van der Waals surface area contributed by atoms with Gasteiger partial charge in [-0.1, -0.05) is 30.0 Å². The quantitative estimate of drug-likeness (QED) is 0.475. The van der Waals surface area contributed by atoms with Crippen molar-refractivity contribution in [1.82, 2.24) is 14.9 Å². The highest BCUT2D eigenvalue weighted by atomic mass is 32.2. The first-order chi connectivity index (χ1) is 13.1. The van der Waals surface area contributed by atoms with Crippen molar-refractivity contribution in [1.29, 1.82) is 0 Å². The molecular weight excluding hydrogens is 366 g/mol. The molecule has 27 heavy (non-hydrogen) atoms. The van der Waals surface area contributed by atoms with E-state index in [1.807, 2.05) is 24.3 Å². The molecule has 8 nitrogen and oxygen atoms in total. The molecule has 1 aromatic heterocycles. The maximum Gasteiger partial charge on any atom is 0.234 e. The van der Waals surface area contributed by atoms with Crippen LogP contribution in [-0.4, -0.2) is 40.8 Å². The van der Waals surface area contributed by atoms with Crippen molar-refractivity contribution in [3.05, 3.63) is 48.5 Å². The van der Waals surface area contributed by atoms with Crippen LogP contribution in [0.25, 0.3) is 11.4 Å². The molecular formula is C18H19N5O3S. The van der Waals surface area contributed by atoms with Crippen LogP contribution in [-0.2, 0) is 4.79 Å². The van der Waals surface area contributed by atoms with Gasteiger partial charge in [0.1, 0.15) is 11.5 Å². The maximum absolute atomic E-state index is 12.2. The number of carbonyl (C=O) groups excluding carboxylic acids is 1. The van der Waals surface area contributed by atoms with Crippen LogP contribution in [0.4, 0.5) is 5.69 Å². The highest BCUT2D eigenvalue weighted by Crippen LogP contribution is 2.25. The van der Waals surface area contributed by atoms with Crippen molar-refractivity contribution in [3.63, 3.8) is 0 Å². The molecule has 0 atom stereocenters. The summed E-state index contributed by atoms with van der Waals surface area (Å²) in [6.07, 6.45) is 0. The van der Waals surface area contributed by atoms with Crippen molar-refractivity contribution in [3.8, 4) is 22.9 Å². The summed E-state index contributed by atoms with van der Waals surface area (Å²) in [5.41, 5.74) is 1.43. The predicted molar refractivity (Wildman–Crippen MR) is 105 cm³/mol. The minimum atomic E-state index is -0.181. The highest BCUT2D eigenvalue weighted by molar-refractivity contribution is 7.99. The molecule has 3 N–H and O–H groups in total. The third-order valence-electron chi connectivity index (χ3n) is 3.68. The highest BCUT2D eigenvalue weighted by Gasteiger charge is 2.14. The molecule has 0 saturated heterocycles. The van der Waals surface area contributed by atoms with Crippen LogP contribution in [0.15, 0.2) is 53.7 Å². The van der Waals surface area contributed by atoms with Gasteiger partial charge < -0.3 is 20.6 Å². The number of carbonyl (C=O) groups is 1. The maximum atomic E-state index is 12.2. The normalized spacial score (nSPS) is 10.4. The topological polar surface area (TPSA) is 104 Å². The van der Waals surface area contributed by atoms with E-state index in [4.69, 9.17) is 15.3 Å². The average Bonchev–Trinajstić information content (AvgIpc) is 3.07. The van der Waals surface area contributed by atoms with Crippen LogP contribution in [0.2, 0.25) is 0 Å². The summed E-state index contributed by atoms with van der Waals surface area (Å²) < 4.78 is 11.7. The zero-order valence-electron chi connectivity index (χ0n) is 14.9. The number of amides is 1. The first kappa shape index (κ1) is 18.6. The number of nitrogens with two attached hydrogens (primary N) is 1. The number of thioether (sulfide) groups is 1. The van der Waals surface area contributed by atoms with Crippen LogP contribution in [0.3, 0.4) is 0 Å². The SMILES string of the molecule is COc1cccc(NC(=O)CSc2nnc(-c3cccc(OC)c3)n2N)c1. The van der Waals surface area contributed by atoms with Crippen LogP contribution in [0.1, 0.15) is 0 Å². The van der Waals surface area contributed by atoms with Crippen molar-refractivity contribution in [2.45, 2.75) is 5.16 Å². The van der Waals surface area contributed by atoms with Gasteiger partial charge in [0.25, 0.3) is 0 Å². The summed E-state index contributed by atoms with van der Waals surface area (Å²) in [7, 11) is 3.17. The van der Waals surface area contributed by atoms with E-state index in [9.17, 15) is 4.79 Å². The van der Waals surface area contributed by atoms with Gasteiger partial charge in [-0.05, 0) is 24.3 Å². The van der Waals surface area contributed by atoms with Gasteiger partial charge in [0.2, 0.25) is 11.1 Å². The van der Waals surface area contributed by atoms with Gasteiger partial charge in [0, 0.05) is 17.3 Å². The number of ether oxygens (including phenoxy) is 2. The van der Waals surface area contributed by atoms with Crippen molar-refractivity contribution >= 4 is 23.4 Å². The fourth-order valence-corrected chi connectivity index (χ4v) is 3.02. The van der Waals surface area contributed by atoms with E-state index < -0.39 is 0 Å². The molecule has 0 unspecified atom stereocenters. The molecule has 140 valence electrons. The van der Waals surface area contributed by atoms with E-state index in [2.05, 4.69) is 15.5 Å². The van der Waals surface area contributed by atoms with Crippen molar-refractivity contribution < 1.29 is 14.3 Å². The molecule has 0 spiro atoms. The standard InChI is InChI=1S/C18H19N5O3S/c1-25-14-7-3-5-12(9-14)17-21-22-18(23(17)19)27-11-16(24)20-13-6-4-8-15(10-13)26-2/h3-10H,11,19H2,1-2H3,(H,20,24). The molecule has 2 aromatic carbocycles. The number of aromatic nitrogens is 3. The van der Waals surface area contributed by atoms with Gasteiger partial charge in [-0.2, -0.15) is 0 Å². The summed E-state index contributed by atoms with van der Waals surface area (Å²) in [4.78, 5) is 12.2. The largest absolute Gasteiger partial charge is 0.497 e. The molecule has 0 bridgehead atoms. The average molecular weight is 385 g/mol. The summed E-state index contributed by atoms with van der Waals surface area (Å²) >= 11 is 1.20. The Morgan fingerprint density at radius 3 is 2.56 bits per heavy atom. The minimum Gasteiger partial charge on any atom is -0.497 e. The lowest BCUT2D eigenvalue weighted by molar-refractivity contribution is -0.113. The first-order valence-corrected chi connectivity index (χ1v) is 9.01. The second-order valence-corrected chi connectivity index (χ2v) is 6.42. The molecule has 1 heterocycles. The zero-order chi connectivity index (χ0) is 19.2. The molecule has 9 heteroatoms. The number of methoxy groups -OCH3 is 2. The van der Waals surface area contributed by atoms with E-state index >= 15 is 0 Å². The molecule has 0 fully saturated rings.